The van der Waals surface area contributed by atoms with Gasteiger partial charge in [0.05, 0.1) is 14.2 Å². The second kappa shape index (κ2) is 5.06. The van der Waals surface area contributed by atoms with E-state index in [-0.39, 0.29) is 0 Å². The maximum atomic E-state index is 5.32. The van der Waals surface area contributed by atoms with E-state index in [0.29, 0.717) is 6.04 Å². The first-order valence-corrected chi connectivity index (χ1v) is 6.20. The third-order valence-corrected chi connectivity index (χ3v) is 3.63. The van der Waals surface area contributed by atoms with Crippen molar-refractivity contribution in [3.8, 4) is 11.5 Å². The molecule has 0 radical (unpaired) electrons. The van der Waals surface area contributed by atoms with E-state index in [1.807, 2.05) is 12.1 Å². The van der Waals surface area contributed by atoms with Crippen LogP contribution < -0.4 is 14.8 Å². The maximum Gasteiger partial charge on any atom is 0.161 e. The molecule has 4 heteroatoms. The van der Waals surface area contributed by atoms with Crippen LogP contribution in [0.4, 0.5) is 0 Å². The van der Waals surface area contributed by atoms with Crippen LogP contribution >= 0.6 is 15.9 Å². The van der Waals surface area contributed by atoms with Gasteiger partial charge in [-0.1, -0.05) is 15.9 Å². The minimum atomic E-state index is 0.425. The molecule has 1 N–H and O–H groups in total. The lowest BCUT2D eigenvalue weighted by Crippen LogP contribution is -2.13. The molecule has 0 amide bonds. The van der Waals surface area contributed by atoms with Gasteiger partial charge in [-0.05, 0) is 37.1 Å². The predicted octanol–water partition coefficient (Wildman–Crippen LogP) is 2.89. The first-order valence-electron chi connectivity index (χ1n) is 5.41. The Morgan fingerprint density at radius 2 is 1.94 bits per heavy atom. The summed E-state index contributed by atoms with van der Waals surface area (Å²) < 4.78 is 11.7. The lowest BCUT2D eigenvalue weighted by Gasteiger charge is -2.16. The molecule has 0 aromatic heterocycles. The molecule has 1 atom stereocenters. The first kappa shape index (κ1) is 11.7. The monoisotopic (exact) mass is 285 g/mol. The molecule has 0 unspecified atom stereocenters. The quantitative estimate of drug-likeness (QED) is 0.926. The van der Waals surface area contributed by atoms with Crippen molar-refractivity contribution < 1.29 is 9.47 Å². The zero-order chi connectivity index (χ0) is 11.5. The van der Waals surface area contributed by atoms with Crippen molar-refractivity contribution in [3.05, 3.63) is 22.2 Å². The summed E-state index contributed by atoms with van der Waals surface area (Å²) in [5.74, 6) is 1.55. The van der Waals surface area contributed by atoms with Gasteiger partial charge in [0.2, 0.25) is 0 Å². The van der Waals surface area contributed by atoms with Crippen molar-refractivity contribution in [1.82, 2.24) is 5.32 Å². The summed E-state index contributed by atoms with van der Waals surface area (Å²) in [6, 6.07) is 4.44. The molecule has 1 aliphatic rings. The van der Waals surface area contributed by atoms with Crippen LogP contribution in [0.5, 0.6) is 11.5 Å². The van der Waals surface area contributed by atoms with Gasteiger partial charge >= 0.3 is 0 Å². The molecule has 2 rings (SSSR count). The van der Waals surface area contributed by atoms with E-state index < -0.39 is 0 Å². The highest BCUT2D eigenvalue weighted by molar-refractivity contribution is 9.10. The summed E-state index contributed by atoms with van der Waals surface area (Å²) in [5.41, 5.74) is 1.25. The molecule has 1 aliphatic heterocycles. The molecule has 0 bridgehead atoms. The Kier molecular flexibility index (Phi) is 3.71. The van der Waals surface area contributed by atoms with Crippen LogP contribution in [0.25, 0.3) is 0 Å². The molecule has 88 valence electrons. The summed E-state index contributed by atoms with van der Waals surface area (Å²) in [7, 11) is 3.31. The number of nitrogens with one attached hydrogen (secondary N) is 1. The molecule has 3 nitrogen and oxygen atoms in total. The van der Waals surface area contributed by atoms with Crippen molar-refractivity contribution in [3.63, 3.8) is 0 Å². The molecule has 1 saturated heterocycles. The summed E-state index contributed by atoms with van der Waals surface area (Å²) in [6.07, 6.45) is 2.40. The zero-order valence-corrected chi connectivity index (χ0v) is 11.1. The lowest BCUT2D eigenvalue weighted by molar-refractivity contribution is 0.353. The Balaban J connectivity index is 2.37. The molecular weight excluding hydrogens is 270 g/mol. The number of hydrogen-bond acceptors (Lipinski definition) is 3. The van der Waals surface area contributed by atoms with Crippen molar-refractivity contribution in [1.29, 1.82) is 0 Å². The van der Waals surface area contributed by atoms with Crippen molar-refractivity contribution >= 4 is 15.9 Å². The Morgan fingerprint density at radius 1 is 1.25 bits per heavy atom. The average Bonchev–Trinajstić information content (AvgIpc) is 2.82. The number of methoxy groups -OCH3 is 2. The highest BCUT2D eigenvalue weighted by Crippen LogP contribution is 2.38. The first-order chi connectivity index (χ1) is 7.76. The molecule has 1 heterocycles. The Bertz CT molecular complexity index is 376. The van der Waals surface area contributed by atoms with Gasteiger partial charge in [-0.25, -0.2) is 0 Å². The third-order valence-electron chi connectivity index (χ3n) is 2.94. The fourth-order valence-corrected chi connectivity index (χ4v) is 2.69. The van der Waals surface area contributed by atoms with E-state index >= 15 is 0 Å². The Hall–Kier alpha value is -0.740. The van der Waals surface area contributed by atoms with E-state index in [2.05, 4.69) is 21.2 Å². The van der Waals surface area contributed by atoms with Crippen LogP contribution in [-0.4, -0.2) is 20.8 Å². The van der Waals surface area contributed by atoms with E-state index in [0.717, 1.165) is 22.5 Å². The normalized spacial score (nSPS) is 19.8. The molecule has 1 aromatic rings. The summed E-state index contributed by atoms with van der Waals surface area (Å²) in [6.45, 7) is 1.09. The van der Waals surface area contributed by atoms with Crippen LogP contribution in [0.3, 0.4) is 0 Å². The summed E-state index contributed by atoms with van der Waals surface area (Å²) in [4.78, 5) is 0. The topological polar surface area (TPSA) is 30.5 Å². The Labute approximate surface area is 104 Å². The van der Waals surface area contributed by atoms with Crippen LogP contribution in [0.1, 0.15) is 24.4 Å². The van der Waals surface area contributed by atoms with E-state index in [9.17, 15) is 0 Å². The van der Waals surface area contributed by atoms with Crippen LogP contribution in [0.15, 0.2) is 16.6 Å². The summed E-state index contributed by atoms with van der Waals surface area (Å²) >= 11 is 3.59. The standard InChI is InChI=1S/C12H16BrNO2/c1-15-11-6-8(10-4-3-5-14-10)9(13)7-12(11)16-2/h6-7,10,14H,3-5H2,1-2H3/t10-/m1/s1. The van der Waals surface area contributed by atoms with E-state index in [1.165, 1.54) is 18.4 Å². The van der Waals surface area contributed by atoms with Crippen LogP contribution in [0, 0.1) is 0 Å². The van der Waals surface area contributed by atoms with Crippen LogP contribution in [-0.2, 0) is 0 Å². The van der Waals surface area contributed by atoms with Crippen molar-refractivity contribution in [2.75, 3.05) is 20.8 Å². The lowest BCUT2D eigenvalue weighted by atomic mass is 10.0. The van der Waals surface area contributed by atoms with Gasteiger partial charge in [-0.3, -0.25) is 0 Å². The number of rotatable bonds is 3. The summed E-state index contributed by atoms with van der Waals surface area (Å²) in [5, 5.41) is 3.48. The molecule has 1 fully saturated rings. The number of hydrogen-bond donors (Lipinski definition) is 1. The highest BCUT2D eigenvalue weighted by atomic mass is 79.9. The van der Waals surface area contributed by atoms with Gasteiger partial charge in [0.1, 0.15) is 0 Å². The maximum absolute atomic E-state index is 5.32. The predicted molar refractivity (Wildman–Crippen MR) is 67.2 cm³/mol. The average molecular weight is 286 g/mol. The molecule has 0 aliphatic carbocycles. The second-order valence-corrected chi connectivity index (χ2v) is 4.73. The van der Waals surface area contributed by atoms with Gasteiger partial charge < -0.3 is 14.8 Å². The van der Waals surface area contributed by atoms with Gasteiger partial charge in [-0.15, -0.1) is 0 Å². The molecule has 1 aromatic carbocycles. The van der Waals surface area contributed by atoms with E-state index in [1.54, 1.807) is 14.2 Å². The fraction of sp³-hybridized carbons (Fsp3) is 0.500. The molecule has 0 spiro atoms. The molecule has 16 heavy (non-hydrogen) atoms. The van der Waals surface area contributed by atoms with Gasteiger partial charge in [0.15, 0.2) is 11.5 Å². The van der Waals surface area contributed by atoms with Gasteiger partial charge in [0.25, 0.3) is 0 Å². The van der Waals surface area contributed by atoms with Gasteiger partial charge in [0, 0.05) is 10.5 Å². The van der Waals surface area contributed by atoms with Gasteiger partial charge in [-0.2, -0.15) is 0 Å². The third kappa shape index (κ3) is 2.18. The van der Waals surface area contributed by atoms with E-state index in [4.69, 9.17) is 9.47 Å². The van der Waals surface area contributed by atoms with Crippen molar-refractivity contribution in [2.24, 2.45) is 0 Å². The fourth-order valence-electron chi connectivity index (χ4n) is 2.09. The van der Waals surface area contributed by atoms with Crippen LogP contribution in [0.2, 0.25) is 0 Å². The zero-order valence-electron chi connectivity index (χ0n) is 9.55. The second-order valence-electron chi connectivity index (χ2n) is 3.88. The largest absolute Gasteiger partial charge is 0.493 e. The number of halogens is 1. The minimum Gasteiger partial charge on any atom is -0.493 e. The smallest absolute Gasteiger partial charge is 0.161 e. The molecular formula is C12H16BrNO2. The Morgan fingerprint density at radius 3 is 2.50 bits per heavy atom. The highest BCUT2D eigenvalue weighted by Gasteiger charge is 2.20. The number of benzene rings is 1. The number of ether oxygens (including phenoxy) is 2. The minimum absolute atomic E-state index is 0.425. The molecule has 0 saturated carbocycles. The van der Waals surface area contributed by atoms with Crippen molar-refractivity contribution in [2.45, 2.75) is 18.9 Å². The SMILES string of the molecule is COc1cc(Br)c([C@H]2CCCN2)cc1OC.